The zero-order chi connectivity index (χ0) is 17.5. The Hall–Kier alpha value is -2.08. The van der Waals surface area contributed by atoms with Crippen LogP contribution in [0.1, 0.15) is 36.5 Å². The zero-order valence-corrected chi connectivity index (χ0v) is 14.2. The fourth-order valence-corrected chi connectivity index (χ4v) is 2.84. The highest BCUT2D eigenvalue weighted by Gasteiger charge is 2.32. The van der Waals surface area contributed by atoms with Crippen molar-refractivity contribution in [3.05, 3.63) is 29.8 Å². The monoisotopic (exact) mass is 335 g/mol. The Bertz CT molecular complexity index is 557. The van der Waals surface area contributed by atoms with Crippen LogP contribution in [0.2, 0.25) is 0 Å². The molecule has 0 radical (unpaired) electrons. The molecule has 6 nitrogen and oxygen atoms in total. The van der Waals surface area contributed by atoms with E-state index in [1.165, 1.54) is 0 Å². The number of aliphatic carboxylic acids is 1. The van der Waals surface area contributed by atoms with Crippen molar-refractivity contribution < 1.29 is 24.2 Å². The predicted molar refractivity (Wildman–Crippen MR) is 89.3 cm³/mol. The summed E-state index contributed by atoms with van der Waals surface area (Å²) < 4.78 is 10.5. The molecule has 24 heavy (non-hydrogen) atoms. The first-order chi connectivity index (χ1) is 11.5. The van der Waals surface area contributed by atoms with Gasteiger partial charge in [-0.15, -0.1) is 0 Å². The first-order valence-electron chi connectivity index (χ1n) is 8.28. The van der Waals surface area contributed by atoms with E-state index in [1.807, 2.05) is 6.92 Å². The SMILES string of the molecule is COCCCOc1ccc(C(=O)N2CC(C(=O)O)CCC2C)cc1. The lowest BCUT2D eigenvalue weighted by Crippen LogP contribution is -2.47. The largest absolute Gasteiger partial charge is 0.494 e. The van der Waals surface area contributed by atoms with Crippen molar-refractivity contribution in [3.8, 4) is 5.75 Å². The molecule has 1 saturated heterocycles. The average Bonchev–Trinajstić information content (AvgIpc) is 2.59. The molecule has 132 valence electrons. The van der Waals surface area contributed by atoms with E-state index >= 15 is 0 Å². The summed E-state index contributed by atoms with van der Waals surface area (Å²) in [5, 5.41) is 9.19. The quantitative estimate of drug-likeness (QED) is 0.775. The van der Waals surface area contributed by atoms with E-state index < -0.39 is 11.9 Å². The van der Waals surface area contributed by atoms with Gasteiger partial charge in [0.1, 0.15) is 5.75 Å². The topological polar surface area (TPSA) is 76.1 Å². The third-order valence-corrected chi connectivity index (χ3v) is 4.35. The van der Waals surface area contributed by atoms with E-state index in [2.05, 4.69) is 0 Å². The summed E-state index contributed by atoms with van der Waals surface area (Å²) in [5.41, 5.74) is 0.553. The Kier molecular flexibility index (Phi) is 6.61. The van der Waals surface area contributed by atoms with Gasteiger partial charge in [0.25, 0.3) is 5.91 Å². The van der Waals surface area contributed by atoms with Crippen LogP contribution in [0.3, 0.4) is 0 Å². The molecule has 1 N–H and O–H groups in total. The number of rotatable bonds is 7. The summed E-state index contributed by atoms with van der Waals surface area (Å²) in [6.45, 7) is 3.44. The number of piperidine rings is 1. The van der Waals surface area contributed by atoms with Crippen molar-refractivity contribution in [3.63, 3.8) is 0 Å². The summed E-state index contributed by atoms with van der Waals surface area (Å²) in [6.07, 6.45) is 2.14. The highest BCUT2D eigenvalue weighted by atomic mass is 16.5. The molecule has 2 rings (SSSR count). The lowest BCUT2D eigenvalue weighted by Gasteiger charge is -2.36. The molecule has 1 aromatic rings. The molecule has 6 heteroatoms. The second kappa shape index (κ2) is 8.68. The van der Waals surface area contributed by atoms with Gasteiger partial charge < -0.3 is 19.5 Å². The normalized spacial score (nSPS) is 20.7. The van der Waals surface area contributed by atoms with Crippen LogP contribution in [-0.4, -0.2) is 54.8 Å². The number of likely N-dealkylation sites (tertiary alicyclic amines) is 1. The molecule has 0 saturated carbocycles. The average molecular weight is 335 g/mol. The first-order valence-corrected chi connectivity index (χ1v) is 8.28. The highest BCUT2D eigenvalue weighted by Crippen LogP contribution is 2.24. The van der Waals surface area contributed by atoms with Gasteiger partial charge in [-0.05, 0) is 44.0 Å². The molecule has 1 aliphatic heterocycles. The van der Waals surface area contributed by atoms with Gasteiger partial charge in [0, 0.05) is 38.3 Å². The van der Waals surface area contributed by atoms with Gasteiger partial charge in [-0.25, -0.2) is 0 Å². The molecule has 0 bridgehead atoms. The summed E-state index contributed by atoms with van der Waals surface area (Å²) in [6, 6.07) is 7.04. The van der Waals surface area contributed by atoms with Gasteiger partial charge >= 0.3 is 5.97 Å². The van der Waals surface area contributed by atoms with Gasteiger partial charge in [0.05, 0.1) is 12.5 Å². The van der Waals surface area contributed by atoms with Crippen LogP contribution in [0.5, 0.6) is 5.75 Å². The molecule has 0 aromatic heterocycles. The number of amides is 1. The molecule has 2 unspecified atom stereocenters. The standard InChI is InChI=1S/C18H25NO5/c1-13-4-5-15(18(21)22)12-19(13)17(20)14-6-8-16(9-7-14)24-11-3-10-23-2/h6-9,13,15H,3-5,10-12H2,1-2H3,(H,21,22). The number of hydrogen-bond acceptors (Lipinski definition) is 4. The molecule has 0 spiro atoms. The maximum atomic E-state index is 12.7. The van der Waals surface area contributed by atoms with E-state index in [0.29, 0.717) is 37.4 Å². The Morgan fingerprint density at radius 3 is 2.54 bits per heavy atom. The fourth-order valence-electron chi connectivity index (χ4n) is 2.84. The van der Waals surface area contributed by atoms with Gasteiger partial charge in [-0.2, -0.15) is 0 Å². The Morgan fingerprint density at radius 2 is 1.92 bits per heavy atom. The first kappa shape index (κ1) is 18.3. The van der Waals surface area contributed by atoms with Gasteiger partial charge in [0.2, 0.25) is 0 Å². The number of methoxy groups -OCH3 is 1. The number of ether oxygens (including phenoxy) is 2. The van der Waals surface area contributed by atoms with Crippen molar-refractivity contribution in [1.29, 1.82) is 0 Å². The number of carbonyl (C=O) groups is 2. The van der Waals surface area contributed by atoms with Gasteiger partial charge in [-0.1, -0.05) is 0 Å². The molecule has 0 aliphatic carbocycles. The fraction of sp³-hybridized carbons (Fsp3) is 0.556. The lowest BCUT2D eigenvalue weighted by atomic mass is 9.93. The van der Waals surface area contributed by atoms with E-state index in [-0.39, 0.29) is 18.5 Å². The predicted octanol–water partition coefficient (Wildman–Crippen LogP) is 2.43. The molecule has 1 heterocycles. The second-order valence-electron chi connectivity index (χ2n) is 6.14. The lowest BCUT2D eigenvalue weighted by molar-refractivity contribution is -0.143. The van der Waals surface area contributed by atoms with E-state index in [9.17, 15) is 14.7 Å². The Labute approximate surface area is 142 Å². The van der Waals surface area contributed by atoms with Crippen molar-refractivity contribution in [1.82, 2.24) is 4.90 Å². The maximum absolute atomic E-state index is 12.7. The number of benzene rings is 1. The Balaban J connectivity index is 1.97. The van der Waals surface area contributed by atoms with Crippen molar-refractivity contribution in [2.24, 2.45) is 5.92 Å². The molecule has 1 aromatic carbocycles. The summed E-state index contributed by atoms with van der Waals surface area (Å²) in [7, 11) is 1.65. The molecular weight excluding hydrogens is 310 g/mol. The third-order valence-electron chi connectivity index (χ3n) is 4.35. The minimum Gasteiger partial charge on any atom is -0.494 e. The molecule has 2 atom stereocenters. The van der Waals surface area contributed by atoms with Crippen molar-refractivity contribution in [2.75, 3.05) is 26.9 Å². The summed E-state index contributed by atoms with van der Waals surface area (Å²) in [4.78, 5) is 25.5. The minimum atomic E-state index is -0.834. The minimum absolute atomic E-state index is 0.0538. The molecule has 1 amide bonds. The number of carbonyl (C=O) groups excluding carboxylic acids is 1. The molecule has 1 fully saturated rings. The number of carboxylic acid groups (broad SMARTS) is 1. The van der Waals surface area contributed by atoms with Crippen molar-refractivity contribution >= 4 is 11.9 Å². The summed E-state index contributed by atoms with van der Waals surface area (Å²) >= 11 is 0. The van der Waals surface area contributed by atoms with Crippen LogP contribution in [0, 0.1) is 5.92 Å². The van der Waals surface area contributed by atoms with Crippen LogP contribution in [0.4, 0.5) is 0 Å². The Morgan fingerprint density at radius 1 is 1.21 bits per heavy atom. The second-order valence-corrected chi connectivity index (χ2v) is 6.14. The number of carboxylic acids is 1. The van der Waals surface area contributed by atoms with Crippen LogP contribution in [-0.2, 0) is 9.53 Å². The molecular formula is C18H25NO5. The number of hydrogen-bond donors (Lipinski definition) is 1. The zero-order valence-electron chi connectivity index (χ0n) is 14.2. The maximum Gasteiger partial charge on any atom is 0.308 e. The van der Waals surface area contributed by atoms with Crippen molar-refractivity contribution in [2.45, 2.75) is 32.2 Å². The van der Waals surface area contributed by atoms with E-state index in [0.717, 1.165) is 6.42 Å². The van der Waals surface area contributed by atoms with Crippen LogP contribution >= 0.6 is 0 Å². The smallest absolute Gasteiger partial charge is 0.308 e. The van der Waals surface area contributed by atoms with Crippen LogP contribution in [0.15, 0.2) is 24.3 Å². The number of nitrogens with zero attached hydrogens (tertiary/aromatic N) is 1. The van der Waals surface area contributed by atoms with Crippen LogP contribution in [0.25, 0.3) is 0 Å². The highest BCUT2D eigenvalue weighted by molar-refractivity contribution is 5.95. The van der Waals surface area contributed by atoms with E-state index in [4.69, 9.17) is 9.47 Å². The third kappa shape index (κ3) is 4.71. The van der Waals surface area contributed by atoms with Crippen LogP contribution < -0.4 is 4.74 Å². The summed E-state index contributed by atoms with van der Waals surface area (Å²) in [5.74, 6) is -0.731. The molecule has 1 aliphatic rings. The van der Waals surface area contributed by atoms with E-state index in [1.54, 1.807) is 36.3 Å². The van der Waals surface area contributed by atoms with Gasteiger partial charge in [-0.3, -0.25) is 9.59 Å². The van der Waals surface area contributed by atoms with Gasteiger partial charge in [0.15, 0.2) is 0 Å².